The van der Waals surface area contributed by atoms with Crippen LogP contribution in [-0.2, 0) is 11.3 Å². The molecule has 16 heteroatoms. The first-order chi connectivity index (χ1) is 15.6. The molecule has 2 heterocycles. The second kappa shape index (κ2) is 9.22. The van der Waals surface area contributed by atoms with Gasteiger partial charge in [-0.1, -0.05) is 12.1 Å². The third-order valence-corrected chi connectivity index (χ3v) is 4.36. The average Bonchev–Trinajstić information content (AvgIpc) is 2.80. The first-order valence-corrected chi connectivity index (χ1v) is 9.13. The second-order valence-corrected chi connectivity index (χ2v) is 6.59. The molecule has 0 bridgehead atoms. The fourth-order valence-electron chi connectivity index (χ4n) is 2.63. The molecule has 1 aromatic carbocycles. The van der Waals surface area contributed by atoms with Gasteiger partial charge in [0.2, 0.25) is 0 Å². The first-order valence-electron chi connectivity index (χ1n) is 9.13. The Kier molecular flexibility index (Phi) is 6.43. The van der Waals surface area contributed by atoms with Crippen molar-refractivity contribution in [3.63, 3.8) is 0 Å². The van der Waals surface area contributed by atoms with Crippen molar-refractivity contribution in [1.82, 2.24) is 19.9 Å². The molecule has 16 nitrogen and oxygen atoms in total. The Morgan fingerprint density at radius 3 is 2.21 bits per heavy atom. The second-order valence-electron chi connectivity index (χ2n) is 6.59. The summed E-state index contributed by atoms with van der Waals surface area (Å²) in [5.41, 5.74) is 17.4. The topological polar surface area (TPSA) is 272 Å². The molecule has 2 aromatic heterocycles. The molecule has 0 saturated carbocycles. The summed E-state index contributed by atoms with van der Waals surface area (Å²) in [6, 6.07) is 3.23. The maximum atomic E-state index is 11.5. The summed E-state index contributed by atoms with van der Waals surface area (Å²) >= 11 is 0. The van der Waals surface area contributed by atoms with Gasteiger partial charge in [-0.3, -0.25) is 4.79 Å². The molecule has 0 aliphatic rings. The number of aliphatic carboxylic acids is 1. The number of carboxylic acid groups (broad SMARTS) is 1. The lowest BCUT2D eigenvalue weighted by molar-refractivity contribution is -0.138. The van der Waals surface area contributed by atoms with Crippen molar-refractivity contribution in [3.8, 4) is 0 Å². The monoisotopic (exact) mass is 456 g/mol. The van der Waals surface area contributed by atoms with Crippen molar-refractivity contribution >= 4 is 46.6 Å². The lowest BCUT2D eigenvalue weighted by Crippen LogP contribution is -2.45. The summed E-state index contributed by atoms with van der Waals surface area (Å²) in [5.74, 6) is 9.43. The summed E-state index contributed by atoms with van der Waals surface area (Å²) in [5, 5.41) is 13.0. The standard InChI is InChI=1S/C17H20N12O4/c18-10(14(30)31)7-1-3-8(4-2-7)23-5-9-6-24-11-12(25-9)26-17(29(22)16(20)33)27-13(11)28(21)15(19)32/h1-4,6,10,23H,5,18,21-22H2,(H2,19,32)(H2,20,33)(H,30,31). The third kappa shape index (κ3) is 4.98. The smallest absolute Gasteiger partial charge is 0.336 e. The van der Waals surface area contributed by atoms with Crippen molar-refractivity contribution in [2.24, 2.45) is 28.9 Å². The Labute approximate surface area is 185 Å². The van der Waals surface area contributed by atoms with Gasteiger partial charge in [0.25, 0.3) is 5.95 Å². The number of anilines is 3. The van der Waals surface area contributed by atoms with E-state index in [-0.39, 0.29) is 29.5 Å². The normalized spacial score (nSPS) is 11.6. The van der Waals surface area contributed by atoms with Crippen LogP contribution in [0.15, 0.2) is 30.5 Å². The number of hydrogen-bond acceptors (Lipinski definition) is 11. The average molecular weight is 456 g/mol. The minimum Gasteiger partial charge on any atom is -0.480 e. The number of benzene rings is 1. The molecule has 3 aromatic rings. The van der Waals surface area contributed by atoms with E-state index in [2.05, 4.69) is 25.3 Å². The van der Waals surface area contributed by atoms with Gasteiger partial charge >= 0.3 is 18.0 Å². The van der Waals surface area contributed by atoms with Crippen LogP contribution < -0.4 is 44.2 Å². The summed E-state index contributed by atoms with van der Waals surface area (Å²) in [6.07, 6.45) is 1.39. The molecule has 4 amide bonds. The number of urea groups is 2. The van der Waals surface area contributed by atoms with Crippen LogP contribution in [0.1, 0.15) is 17.3 Å². The van der Waals surface area contributed by atoms with Crippen LogP contribution in [0.4, 0.5) is 27.0 Å². The van der Waals surface area contributed by atoms with E-state index in [4.69, 9.17) is 34.0 Å². The summed E-state index contributed by atoms with van der Waals surface area (Å²) in [6.45, 7) is 0.187. The van der Waals surface area contributed by atoms with Gasteiger partial charge in [-0.2, -0.15) is 15.0 Å². The zero-order valence-corrected chi connectivity index (χ0v) is 16.9. The lowest BCUT2D eigenvalue weighted by atomic mass is 10.1. The van der Waals surface area contributed by atoms with Crippen molar-refractivity contribution < 1.29 is 19.5 Å². The zero-order chi connectivity index (χ0) is 24.3. The van der Waals surface area contributed by atoms with E-state index in [0.29, 0.717) is 27.0 Å². The fraction of sp³-hybridized carbons (Fsp3) is 0.118. The highest BCUT2D eigenvalue weighted by Crippen LogP contribution is 2.22. The summed E-state index contributed by atoms with van der Waals surface area (Å²) in [7, 11) is 0. The minimum atomic E-state index is -1.14. The molecule has 0 aliphatic carbocycles. The van der Waals surface area contributed by atoms with E-state index in [1.165, 1.54) is 6.20 Å². The van der Waals surface area contributed by atoms with E-state index in [0.717, 1.165) is 0 Å². The van der Waals surface area contributed by atoms with E-state index in [9.17, 15) is 14.4 Å². The van der Waals surface area contributed by atoms with Gasteiger partial charge in [0, 0.05) is 5.69 Å². The molecule has 1 atom stereocenters. The highest BCUT2D eigenvalue weighted by molar-refractivity contribution is 5.97. The number of rotatable bonds is 7. The molecular formula is C17H20N12O4. The highest BCUT2D eigenvalue weighted by Gasteiger charge is 2.21. The van der Waals surface area contributed by atoms with Crippen LogP contribution in [0.5, 0.6) is 0 Å². The van der Waals surface area contributed by atoms with Crippen molar-refractivity contribution in [2.45, 2.75) is 12.6 Å². The van der Waals surface area contributed by atoms with E-state index < -0.39 is 24.1 Å². The predicted octanol–water partition coefficient (Wildman–Crippen LogP) is -1.37. The van der Waals surface area contributed by atoms with Crippen LogP contribution >= 0.6 is 0 Å². The van der Waals surface area contributed by atoms with E-state index in [1.54, 1.807) is 24.3 Å². The van der Waals surface area contributed by atoms with Gasteiger partial charge < -0.3 is 27.6 Å². The molecule has 172 valence electrons. The van der Waals surface area contributed by atoms with E-state index in [1.807, 2.05) is 0 Å². The van der Waals surface area contributed by atoms with Crippen molar-refractivity contribution in [2.75, 3.05) is 15.3 Å². The van der Waals surface area contributed by atoms with Gasteiger partial charge in [-0.05, 0) is 17.7 Å². The van der Waals surface area contributed by atoms with Crippen molar-refractivity contribution in [1.29, 1.82) is 0 Å². The molecule has 0 fully saturated rings. The number of primary amides is 2. The fourth-order valence-corrected chi connectivity index (χ4v) is 2.63. The van der Waals surface area contributed by atoms with Crippen molar-refractivity contribution in [3.05, 3.63) is 41.7 Å². The number of hydrogen-bond donors (Lipinski definition) is 7. The quantitative estimate of drug-likeness (QED) is 0.123. The molecule has 12 N–H and O–H groups in total. The zero-order valence-electron chi connectivity index (χ0n) is 16.9. The maximum Gasteiger partial charge on any atom is 0.336 e. The van der Waals surface area contributed by atoms with Crippen LogP contribution in [0.2, 0.25) is 0 Å². The van der Waals surface area contributed by atoms with Crippen LogP contribution in [0.3, 0.4) is 0 Å². The Balaban J connectivity index is 1.89. The SMILES string of the molecule is NC(=O)N(N)c1nc(N(N)C(N)=O)c2ncc(CNc3ccc(C(N)C(=O)O)cc3)nc2n1. The van der Waals surface area contributed by atoms with Gasteiger partial charge in [0.1, 0.15) is 6.04 Å². The maximum absolute atomic E-state index is 11.5. The van der Waals surface area contributed by atoms with Crippen LogP contribution in [0.25, 0.3) is 11.2 Å². The molecule has 0 radical (unpaired) electrons. The number of amides is 4. The highest BCUT2D eigenvalue weighted by atomic mass is 16.4. The largest absolute Gasteiger partial charge is 0.480 e. The van der Waals surface area contributed by atoms with Gasteiger partial charge in [-0.25, -0.2) is 36.3 Å². The Hall–Kier alpha value is -4.67. The Morgan fingerprint density at radius 2 is 1.64 bits per heavy atom. The number of fused-ring (bicyclic) bond motifs is 1. The van der Waals surface area contributed by atoms with Gasteiger partial charge in [0.05, 0.1) is 18.4 Å². The van der Waals surface area contributed by atoms with Gasteiger partial charge in [0.15, 0.2) is 17.0 Å². The first kappa shape index (κ1) is 23.0. The lowest BCUT2D eigenvalue weighted by Gasteiger charge is -2.18. The number of nitrogens with one attached hydrogen (secondary N) is 1. The number of carbonyl (C=O) groups is 3. The molecule has 3 rings (SSSR count). The summed E-state index contributed by atoms with van der Waals surface area (Å²) in [4.78, 5) is 50.4. The van der Waals surface area contributed by atoms with Crippen LogP contribution in [-0.4, -0.2) is 43.1 Å². The Bertz CT molecular complexity index is 1220. The van der Waals surface area contributed by atoms with E-state index >= 15 is 0 Å². The summed E-state index contributed by atoms with van der Waals surface area (Å²) < 4.78 is 0. The number of carbonyl (C=O) groups excluding carboxylic acids is 2. The molecule has 1 unspecified atom stereocenters. The molecule has 33 heavy (non-hydrogen) atoms. The third-order valence-electron chi connectivity index (χ3n) is 4.36. The number of aromatic nitrogens is 4. The number of hydrazine groups is 2. The molecule has 0 spiro atoms. The Morgan fingerprint density at radius 1 is 1.00 bits per heavy atom. The molecule has 0 aliphatic heterocycles. The van der Waals surface area contributed by atoms with Gasteiger partial charge in [-0.15, -0.1) is 0 Å². The molecule has 0 saturated heterocycles. The number of carboxylic acids is 1. The number of nitrogens with zero attached hydrogens (tertiary/aromatic N) is 6. The predicted molar refractivity (Wildman–Crippen MR) is 116 cm³/mol. The molecular weight excluding hydrogens is 436 g/mol. The number of nitrogens with two attached hydrogens (primary N) is 5. The van der Waals surface area contributed by atoms with Crippen LogP contribution in [0, 0.1) is 0 Å². The minimum absolute atomic E-state index is 0.0219.